The minimum absolute atomic E-state index is 0.00973. The Kier molecular flexibility index (Phi) is 14.3. The van der Waals surface area contributed by atoms with Gasteiger partial charge in [0.05, 0.1) is 39.4 Å². The number of carbonyl (C=O) groups is 2. The van der Waals surface area contributed by atoms with E-state index in [0.29, 0.717) is 26.4 Å². The van der Waals surface area contributed by atoms with Gasteiger partial charge in [-0.3, -0.25) is 9.59 Å². The second kappa shape index (κ2) is 15.2. The molecule has 4 N–H and O–H groups in total. The quantitative estimate of drug-likeness (QED) is 0.283. The van der Waals surface area contributed by atoms with Crippen molar-refractivity contribution < 1.29 is 29.3 Å². The highest BCUT2D eigenvalue weighted by Crippen LogP contribution is 1.85. The molecule has 0 bridgehead atoms. The van der Waals surface area contributed by atoms with Gasteiger partial charge >= 0.3 is 11.9 Å². The summed E-state index contributed by atoms with van der Waals surface area (Å²) in [5, 5.41) is 22.8. The topological polar surface area (TPSA) is 117 Å². The molecule has 8 nitrogen and oxygen atoms in total. The largest absolute Gasteiger partial charge is 0.481 e. The Morgan fingerprint density at radius 1 is 0.762 bits per heavy atom. The van der Waals surface area contributed by atoms with Crippen molar-refractivity contribution in [3.8, 4) is 0 Å². The van der Waals surface area contributed by atoms with Crippen molar-refractivity contribution >= 4 is 11.9 Å². The van der Waals surface area contributed by atoms with Crippen LogP contribution in [0.4, 0.5) is 0 Å². The molecule has 0 saturated carbocycles. The van der Waals surface area contributed by atoms with E-state index < -0.39 is 11.9 Å². The average Bonchev–Trinajstić information content (AvgIpc) is 2.42. The fourth-order valence-corrected chi connectivity index (χ4v) is 1.45. The van der Waals surface area contributed by atoms with Crippen LogP contribution >= 0.6 is 0 Å². The molecule has 0 aliphatic carbocycles. The first-order valence-corrected chi connectivity index (χ1v) is 7.13. The standard InChI is InChI=1S/C13H26N2O6/c16-12(17)3-7-20-9-10-21-8-6-14-4-1-2-5-15-11-13(18)19/h14-15H,1-11H2,(H,16,17)(H,18,19). The second-order valence-electron chi connectivity index (χ2n) is 4.40. The predicted molar refractivity (Wildman–Crippen MR) is 76.5 cm³/mol. The molecule has 0 aliphatic heterocycles. The maximum atomic E-state index is 10.2. The summed E-state index contributed by atoms with van der Waals surface area (Å²) in [6.45, 7) is 3.99. The van der Waals surface area contributed by atoms with Crippen molar-refractivity contribution in [2.45, 2.75) is 19.3 Å². The number of unbranched alkanes of at least 4 members (excludes halogenated alkanes) is 1. The van der Waals surface area contributed by atoms with Crippen LogP contribution in [-0.4, -0.2) is 74.8 Å². The van der Waals surface area contributed by atoms with Gasteiger partial charge in [-0.15, -0.1) is 0 Å². The lowest BCUT2D eigenvalue weighted by Gasteiger charge is -2.07. The Balaban J connectivity index is 2.99. The average molecular weight is 306 g/mol. The summed E-state index contributed by atoms with van der Waals surface area (Å²) in [7, 11) is 0. The number of carboxylic acids is 2. The Morgan fingerprint density at radius 3 is 2.00 bits per heavy atom. The zero-order chi connectivity index (χ0) is 15.8. The number of aliphatic carboxylic acids is 2. The Bertz CT molecular complexity index is 249. The van der Waals surface area contributed by atoms with E-state index in [4.69, 9.17) is 19.7 Å². The van der Waals surface area contributed by atoms with Gasteiger partial charge in [0.2, 0.25) is 0 Å². The van der Waals surface area contributed by atoms with E-state index in [2.05, 4.69) is 10.6 Å². The van der Waals surface area contributed by atoms with Crippen molar-refractivity contribution in [3.63, 3.8) is 0 Å². The fourth-order valence-electron chi connectivity index (χ4n) is 1.45. The van der Waals surface area contributed by atoms with Crippen LogP contribution in [0.25, 0.3) is 0 Å². The highest BCUT2D eigenvalue weighted by molar-refractivity contribution is 5.68. The molecule has 0 saturated heterocycles. The minimum Gasteiger partial charge on any atom is -0.481 e. The van der Waals surface area contributed by atoms with Crippen molar-refractivity contribution in [1.29, 1.82) is 0 Å². The highest BCUT2D eigenvalue weighted by atomic mass is 16.5. The molecular weight excluding hydrogens is 280 g/mol. The summed E-state index contributed by atoms with van der Waals surface area (Å²) in [4.78, 5) is 20.4. The summed E-state index contributed by atoms with van der Waals surface area (Å²) >= 11 is 0. The van der Waals surface area contributed by atoms with E-state index in [0.717, 1.165) is 25.9 Å². The second-order valence-corrected chi connectivity index (χ2v) is 4.40. The number of nitrogens with one attached hydrogen (secondary N) is 2. The number of hydrogen-bond acceptors (Lipinski definition) is 6. The van der Waals surface area contributed by atoms with Gasteiger partial charge in [-0.2, -0.15) is 0 Å². The molecule has 0 radical (unpaired) electrons. The zero-order valence-electron chi connectivity index (χ0n) is 12.3. The molecule has 8 heteroatoms. The minimum atomic E-state index is -0.863. The summed E-state index contributed by atoms with van der Waals surface area (Å²) in [5.74, 6) is -1.70. The van der Waals surface area contributed by atoms with Crippen molar-refractivity contribution in [3.05, 3.63) is 0 Å². The molecule has 0 aliphatic rings. The Labute approximate surface area is 124 Å². The zero-order valence-corrected chi connectivity index (χ0v) is 12.3. The van der Waals surface area contributed by atoms with Gasteiger partial charge in [0, 0.05) is 6.54 Å². The third-order valence-corrected chi connectivity index (χ3v) is 2.49. The van der Waals surface area contributed by atoms with E-state index in [9.17, 15) is 9.59 Å². The smallest absolute Gasteiger partial charge is 0.317 e. The number of hydrogen-bond donors (Lipinski definition) is 4. The molecule has 0 rings (SSSR count). The van der Waals surface area contributed by atoms with Gasteiger partial charge in [0.25, 0.3) is 0 Å². The molecule has 0 heterocycles. The van der Waals surface area contributed by atoms with Crippen LogP contribution in [0.2, 0.25) is 0 Å². The van der Waals surface area contributed by atoms with Crippen molar-refractivity contribution in [1.82, 2.24) is 10.6 Å². The van der Waals surface area contributed by atoms with Crippen LogP contribution in [0, 0.1) is 0 Å². The highest BCUT2D eigenvalue weighted by Gasteiger charge is 1.96. The maximum Gasteiger partial charge on any atom is 0.317 e. The van der Waals surface area contributed by atoms with Gasteiger partial charge < -0.3 is 30.3 Å². The Morgan fingerprint density at radius 2 is 1.38 bits per heavy atom. The first kappa shape index (κ1) is 19.8. The van der Waals surface area contributed by atoms with E-state index in [1.54, 1.807) is 0 Å². The molecule has 0 aromatic heterocycles. The van der Waals surface area contributed by atoms with Gasteiger partial charge in [-0.05, 0) is 25.9 Å². The molecule has 21 heavy (non-hydrogen) atoms. The first-order chi connectivity index (χ1) is 10.1. The molecule has 0 aromatic rings. The molecule has 0 unspecified atom stereocenters. The lowest BCUT2D eigenvalue weighted by molar-refractivity contribution is -0.138. The normalized spacial score (nSPS) is 10.7. The SMILES string of the molecule is O=C(O)CCOCCOCCNCCCCNCC(=O)O. The van der Waals surface area contributed by atoms with Gasteiger partial charge in [-0.25, -0.2) is 0 Å². The molecule has 0 spiro atoms. The van der Waals surface area contributed by atoms with Crippen LogP contribution in [0.15, 0.2) is 0 Å². The van der Waals surface area contributed by atoms with Crippen LogP contribution in [-0.2, 0) is 19.1 Å². The van der Waals surface area contributed by atoms with Gasteiger partial charge in [0.1, 0.15) is 0 Å². The fraction of sp³-hybridized carbons (Fsp3) is 0.846. The van der Waals surface area contributed by atoms with Crippen LogP contribution in [0.3, 0.4) is 0 Å². The lowest BCUT2D eigenvalue weighted by Crippen LogP contribution is -2.25. The molecule has 0 aromatic carbocycles. The number of ether oxygens (including phenoxy) is 2. The van der Waals surface area contributed by atoms with Crippen LogP contribution in [0.5, 0.6) is 0 Å². The van der Waals surface area contributed by atoms with E-state index in [-0.39, 0.29) is 19.6 Å². The summed E-state index contributed by atoms with van der Waals surface area (Å²) < 4.78 is 10.4. The summed E-state index contributed by atoms with van der Waals surface area (Å²) in [5.41, 5.74) is 0. The van der Waals surface area contributed by atoms with Gasteiger partial charge in [-0.1, -0.05) is 0 Å². The van der Waals surface area contributed by atoms with Crippen molar-refractivity contribution in [2.75, 3.05) is 52.6 Å². The molecular formula is C13H26N2O6. The van der Waals surface area contributed by atoms with E-state index in [1.807, 2.05) is 0 Å². The van der Waals surface area contributed by atoms with Crippen molar-refractivity contribution in [2.24, 2.45) is 0 Å². The molecule has 0 fully saturated rings. The maximum absolute atomic E-state index is 10.2. The Hall–Kier alpha value is -1.22. The van der Waals surface area contributed by atoms with Crippen LogP contribution in [0.1, 0.15) is 19.3 Å². The molecule has 0 atom stereocenters. The summed E-state index contributed by atoms with van der Waals surface area (Å²) in [6, 6.07) is 0. The van der Waals surface area contributed by atoms with E-state index in [1.165, 1.54) is 0 Å². The number of rotatable bonds is 16. The summed E-state index contributed by atoms with van der Waals surface area (Å²) in [6.07, 6.45) is 1.92. The van der Waals surface area contributed by atoms with Gasteiger partial charge in [0.15, 0.2) is 0 Å². The predicted octanol–water partition coefficient (Wildman–Crippen LogP) is -0.462. The lowest BCUT2D eigenvalue weighted by atomic mass is 10.3. The van der Waals surface area contributed by atoms with E-state index >= 15 is 0 Å². The number of carboxylic acid groups (broad SMARTS) is 2. The third-order valence-electron chi connectivity index (χ3n) is 2.49. The molecule has 0 amide bonds. The third kappa shape index (κ3) is 18.8. The first-order valence-electron chi connectivity index (χ1n) is 7.13. The van der Waals surface area contributed by atoms with Crippen LogP contribution < -0.4 is 10.6 Å². The molecule has 124 valence electrons. The monoisotopic (exact) mass is 306 g/mol.